The van der Waals surface area contributed by atoms with Gasteiger partial charge in [-0.3, -0.25) is 9.89 Å². The zero-order valence-electron chi connectivity index (χ0n) is 11.7. The second-order valence-corrected chi connectivity index (χ2v) is 5.47. The van der Waals surface area contributed by atoms with E-state index in [1.54, 1.807) is 11.9 Å². The second-order valence-electron chi connectivity index (χ2n) is 5.47. The van der Waals surface area contributed by atoms with Gasteiger partial charge in [0.1, 0.15) is 5.69 Å². The van der Waals surface area contributed by atoms with E-state index < -0.39 is 0 Å². The van der Waals surface area contributed by atoms with Crippen LogP contribution in [0.15, 0.2) is 6.07 Å². The molecule has 2 N–H and O–H groups in total. The van der Waals surface area contributed by atoms with Crippen LogP contribution in [0.1, 0.15) is 48.8 Å². The first-order valence-corrected chi connectivity index (χ1v) is 7.09. The van der Waals surface area contributed by atoms with E-state index in [-0.39, 0.29) is 17.9 Å². The molecule has 1 heterocycles. The highest BCUT2D eigenvalue weighted by molar-refractivity contribution is 5.92. The van der Waals surface area contributed by atoms with Crippen molar-refractivity contribution in [3.8, 4) is 0 Å². The largest absolute Gasteiger partial charge is 0.393 e. The van der Waals surface area contributed by atoms with E-state index in [0.29, 0.717) is 12.2 Å². The zero-order valence-corrected chi connectivity index (χ0v) is 11.7. The number of H-pyrrole nitrogens is 1. The molecule has 0 aromatic carbocycles. The van der Waals surface area contributed by atoms with E-state index in [0.717, 1.165) is 37.8 Å². The van der Waals surface area contributed by atoms with E-state index >= 15 is 0 Å². The van der Waals surface area contributed by atoms with Gasteiger partial charge in [-0.1, -0.05) is 19.8 Å². The number of aryl methyl sites for hydroxylation is 1. The van der Waals surface area contributed by atoms with Crippen LogP contribution in [0, 0.1) is 5.92 Å². The van der Waals surface area contributed by atoms with Crippen molar-refractivity contribution in [2.75, 3.05) is 13.6 Å². The number of aromatic nitrogens is 2. The molecule has 1 amide bonds. The Bertz CT molecular complexity index is 430. The first-order chi connectivity index (χ1) is 9.11. The summed E-state index contributed by atoms with van der Waals surface area (Å²) in [4.78, 5) is 13.9. The third-order valence-electron chi connectivity index (χ3n) is 3.84. The van der Waals surface area contributed by atoms with Gasteiger partial charge < -0.3 is 10.0 Å². The number of amides is 1. The van der Waals surface area contributed by atoms with Crippen molar-refractivity contribution in [1.82, 2.24) is 15.1 Å². The number of rotatable bonds is 5. The highest BCUT2D eigenvalue weighted by Crippen LogP contribution is 2.26. The van der Waals surface area contributed by atoms with Crippen molar-refractivity contribution in [3.05, 3.63) is 17.5 Å². The minimum absolute atomic E-state index is 0.0716. The van der Waals surface area contributed by atoms with Gasteiger partial charge in [0.2, 0.25) is 0 Å². The Labute approximate surface area is 114 Å². The van der Waals surface area contributed by atoms with Gasteiger partial charge in [0.05, 0.1) is 6.10 Å². The predicted octanol–water partition coefficient (Wildman–Crippen LogP) is 1.60. The van der Waals surface area contributed by atoms with Gasteiger partial charge in [0.25, 0.3) is 5.91 Å². The number of aromatic amines is 1. The number of carbonyl (C=O) groups excluding carboxylic acids is 1. The molecular weight excluding hydrogens is 242 g/mol. The lowest BCUT2D eigenvalue weighted by molar-refractivity contribution is 0.0688. The van der Waals surface area contributed by atoms with Crippen molar-refractivity contribution < 1.29 is 9.90 Å². The van der Waals surface area contributed by atoms with Crippen LogP contribution in [0.3, 0.4) is 0 Å². The molecule has 2 rings (SSSR count). The normalized spacial score (nSPS) is 22.7. The summed E-state index contributed by atoms with van der Waals surface area (Å²) in [5.74, 6) is 0.140. The van der Waals surface area contributed by atoms with Gasteiger partial charge in [0.15, 0.2) is 0 Å². The molecule has 0 radical (unpaired) electrons. The SMILES string of the molecule is CCCc1cc(C(=O)N(C)CC2CCCC2O)n[nH]1. The lowest BCUT2D eigenvalue weighted by Crippen LogP contribution is -2.34. The topological polar surface area (TPSA) is 69.2 Å². The van der Waals surface area contributed by atoms with Crippen molar-refractivity contribution in [2.24, 2.45) is 5.92 Å². The van der Waals surface area contributed by atoms with Crippen molar-refractivity contribution in [1.29, 1.82) is 0 Å². The Kier molecular flexibility index (Phi) is 4.58. The molecule has 106 valence electrons. The molecule has 1 saturated carbocycles. The molecule has 5 nitrogen and oxygen atoms in total. The molecule has 2 unspecified atom stereocenters. The smallest absolute Gasteiger partial charge is 0.274 e. The van der Waals surface area contributed by atoms with E-state index in [1.165, 1.54) is 0 Å². The highest BCUT2D eigenvalue weighted by atomic mass is 16.3. The summed E-state index contributed by atoms with van der Waals surface area (Å²) >= 11 is 0. The van der Waals surface area contributed by atoms with Crippen LogP contribution in [-0.2, 0) is 6.42 Å². The maximum absolute atomic E-state index is 12.2. The number of hydrogen-bond acceptors (Lipinski definition) is 3. The van der Waals surface area contributed by atoms with Crippen molar-refractivity contribution in [2.45, 2.75) is 45.1 Å². The van der Waals surface area contributed by atoms with E-state index in [2.05, 4.69) is 17.1 Å². The first kappa shape index (κ1) is 14.1. The fourth-order valence-corrected chi connectivity index (χ4v) is 2.73. The van der Waals surface area contributed by atoms with Gasteiger partial charge in [-0.15, -0.1) is 0 Å². The molecule has 0 spiro atoms. The molecule has 1 aromatic heterocycles. The third kappa shape index (κ3) is 3.35. The molecule has 19 heavy (non-hydrogen) atoms. The summed E-state index contributed by atoms with van der Waals surface area (Å²) in [6, 6.07) is 1.83. The number of aliphatic hydroxyl groups excluding tert-OH is 1. The predicted molar refractivity (Wildman–Crippen MR) is 72.9 cm³/mol. The average Bonchev–Trinajstić information content (AvgIpc) is 2.99. The zero-order chi connectivity index (χ0) is 13.8. The summed E-state index contributed by atoms with van der Waals surface area (Å²) in [7, 11) is 1.78. The number of hydrogen-bond donors (Lipinski definition) is 2. The lowest BCUT2D eigenvalue weighted by atomic mass is 10.1. The molecule has 1 aliphatic rings. The minimum Gasteiger partial charge on any atom is -0.393 e. The monoisotopic (exact) mass is 265 g/mol. The molecule has 0 bridgehead atoms. The Morgan fingerprint density at radius 3 is 3.00 bits per heavy atom. The molecule has 1 aromatic rings. The van der Waals surface area contributed by atoms with Crippen LogP contribution in [0.5, 0.6) is 0 Å². The van der Waals surface area contributed by atoms with E-state index in [9.17, 15) is 9.90 Å². The van der Waals surface area contributed by atoms with Crippen molar-refractivity contribution in [3.63, 3.8) is 0 Å². The minimum atomic E-state index is -0.259. The van der Waals surface area contributed by atoms with Crippen LogP contribution < -0.4 is 0 Å². The van der Waals surface area contributed by atoms with Crippen LogP contribution in [0.4, 0.5) is 0 Å². The van der Waals surface area contributed by atoms with Gasteiger partial charge in [-0.25, -0.2) is 0 Å². The molecule has 0 aliphatic heterocycles. The highest BCUT2D eigenvalue weighted by Gasteiger charge is 2.28. The first-order valence-electron chi connectivity index (χ1n) is 7.09. The average molecular weight is 265 g/mol. The maximum atomic E-state index is 12.2. The molecule has 5 heteroatoms. The van der Waals surface area contributed by atoms with Gasteiger partial charge >= 0.3 is 0 Å². The Hall–Kier alpha value is -1.36. The molecular formula is C14H23N3O2. The number of nitrogens with one attached hydrogen (secondary N) is 1. The summed E-state index contributed by atoms with van der Waals surface area (Å²) in [5.41, 5.74) is 1.47. The molecule has 0 saturated heterocycles. The fourth-order valence-electron chi connectivity index (χ4n) is 2.73. The van der Waals surface area contributed by atoms with Gasteiger partial charge in [-0.2, -0.15) is 5.10 Å². The molecule has 1 fully saturated rings. The second kappa shape index (κ2) is 6.19. The maximum Gasteiger partial charge on any atom is 0.274 e. The third-order valence-corrected chi connectivity index (χ3v) is 3.84. The van der Waals surface area contributed by atoms with E-state index in [1.807, 2.05) is 6.07 Å². The number of carbonyl (C=O) groups is 1. The van der Waals surface area contributed by atoms with E-state index in [4.69, 9.17) is 0 Å². The van der Waals surface area contributed by atoms with Gasteiger partial charge in [0, 0.05) is 25.2 Å². The summed E-state index contributed by atoms with van der Waals surface area (Å²) in [5, 5.41) is 16.8. The summed E-state index contributed by atoms with van der Waals surface area (Å²) in [6.45, 7) is 2.70. The summed E-state index contributed by atoms with van der Waals surface area (Å²) in [6.07, 6.45) is 4.59. The summed E-state index contributed by atoms with van der Waals surface area (Å²) < 4.78 is 0. The van der Waals surface area contributed by atoms with Crippen LogP contribution in [-0.4, -0.2) is 45.8 Å². The molecule has 1 aliphatic carbocycles. The lowest BCUT2D eigenvalue weighted by Gasteiger charge is -2.22. The quantitative estimate of drug-likeness (QED) is 0.849. The standard InChI is InChI=1S/C14H23N3O2/c1-3-5-11-8-12(16-15-11)14(19)17(2)9-10-6-4-7-13(10)18/h8,10,13,18H,3-7,9H2,1-2H3,(H,15,16). The Morgan fingerprint density at radius 2 is 2.37 bits per heavy atom. The Morgan fingerprint density at radius 1 is 1.58 bits per heavy atom. The van der Waals surface area contributed by atoms with Gasteiger partial charge in [-0.05, 0) is 25.3 Å². The fraction of sp³-hybridized carbons (Fsp3) is 0.714. The molecule has 2 atom stereocenters. The number of nitrogens with zero attached hydrogens (tertiary/aromatic N) is 2. The van der Waals surface area contributed by atoms with Crippen LogP contribution in [0.2, 0.25) is 0 Å². The number of aliphatic hydroxyl groups is 1. The Balaban J connectivity index is 1.93. The van der Waals surface area contributed by atoms with Crippen LogP contribution >= 0.6 is 0 Å². The van der Waals surface area contributed by atoms with Crippen LogP contribution in [0.25, 0.3) is 0 Å². The van der Waals surface area contributed by atoms with Crippen molar-refractivity contribution >= 4 is 5.91 Å².